The number of hydrogen-bond acceptors (Lipinski definition) is 4. The van der Waals surface area contributed by atoms with Crippen LogP contribution in [0.1, 0.15) is 41.3 Å². The second-order valence-electron chi connectivity index (χ2n) is 7.24. The summed E-state index contributed by atoms with van der Waals surface area (Å²) < 4.78 is 0.753. The van der Waals surface area contributed by atoms with E-state index in [1.807, 2.05) is 31.2 Å². The SMILES string of the molecule is Cc1cc2nn(-c3ccc(C(C)C)cc3)nc2cc1NC(=O)c1cncc(Br)c1. The van der Waals surface area contributed by atoms with E-state index in [1.165, 1.54) is 11.8 Å². The molecule has 0 atom stereocenters. The Morgan fingerprint density at radius 2 is 1.72 bits per heavy atom. The third-order valence-electron chi connectivity index (χ3n) is 4.73. The van der Waals surface area contributed by atoms with E-state index in [4.69, 9.17) is 0 Å². The van der Waals surface area contributed by atoms with Gasteiger partial charge in [0.1, 0.15) is 11.0 Å². The van der Waals surface area contributed by atoms with E-state index in [1.54, 1.807) is 17.1 Å². The Bertz CT molecular complexity index is 1200. The number of nitrogens with one attached hydrogen (secondary N) is 1. The summed E-state index contributed by atoms with van der Waals surface area (Å²) >= 11 is 3.34. The predicted molar refractivity (Wildman–Crippen MR) is 118 cm³/mol. The third-order valence-corrected chi connectivity index (χ3v) is 5.17. The van der Waals surface area contributed by atoms with Crippen LogP contribution in [-0.4, -0.2) is 25.9 Å². The summed E-state index contributed by atoms with van der Waals surface area (Å²) in [6.07, 6.45) is 3.17. The van der Waals surface area contributed by atoms with E-state index in [0.29, 0.717) is 22.7 Å². The van der Waals surface area contributed by atoms with Crippen LogP contribution >= 0.6 is 15.9 Å². The number of anilines is 1. The molecule has 6 nitrogen and oxygen atoms in total. The van der Waals surface area contributed by atoms with Crippen LogP contribution in [0.5, 0.6) is 0 Å². The lowest BCUT2D eigenvalue weighted by Crippen LogP contribution is -2.13. The van der Waals surface area contributed by atoms with Gasteiger partial charge in [0, 0.05) is 22.6 Å². The Kier molecular flexibility index (Phi) is 5.15. The molecule has 0 spiro atoms. The first-order valence-corrected chi connectivity index (χ1v) is 10.1. The van der Waals surface area contributed by atoms with Crippen molar-refractivity contribution in [1.82, 2.24) is 20.0 Å². The molecule has 2 aromatic heterocycles. The maximum Gasteiger partial charge on any atom is 0.257 e. The highest BCUT2D eigenvalue weighted by Gasteiger charge is 2.12. The molecule has 0 saturated heterocycles. The fourth-order valence-corrected chi connectivity index (χ4v) is 3.41. The fraction of sp³-hybridized carbons (Fsp3) is 0.182. The molecule has 4 rings (SSSR count). The smallest absolute Gasteiger partial charge is 0.257 e. The minimum Gasteiger partial charge on any atom is -0.322 e. The maximum absolute atomic E-state index is 12.6. The lowest BCUT2D eigenvalue weighted by atomic mass is 10.0. The summed E-state index contributed by atoms with van der Waals surface area (Å²) in [4.78, 5) is 18.2. The highest BCUT2D eigenvalue weighted by Crippen LogP contribution is 2.23. The summed E-state index contributed by atoms with van der Waals surface area (Å²) in [5.41, 5.74) is 5.75. The molecule has 1 N–H and O–H groups in total. The quantitative estimate of drug-likeness (QED) is 0.460. The van der Waals surface area contributed by atoms with Gasteiger partial charge in [0.15, 0.2) is 0 Å². The van der Waals surface area contributed by atoms with E-state index >= 15 is 0 Å². The molecule has 0 aliphatic rings. The van der Waals surface area contributed by atoms with Gasteiger partial charge >= 0.3 is 0 Å². The van der Waals surface area contributed by atoms with Crippen molar-refractivity contribution in [2.75, 3.05) is 5.32 Å². The van der Waals surface area contributed by atoms with Crippen molar-refractivity contribution in [1.29, 1.82) is 0 Å². The molecule has 0 bridgehead atoms. The molecule has 2 heterocycles. The number of hydrogen-bond donors (Lipinski definition) is 1. The average Bonchev–Trinajstić information content (AvgIpc) is 3.11. The zero-order valence-electron chi connectivity index (χ0n) is 16.3. The molecule has 1 amide bonds. The van der Waals surface area contributed by atoms with Crippen molar-refractivity contribution in [3.63, 3.8) is 0 Å². The van der Waals surface area contributed by atoms with Crippen LogP contribution in [0.2, 0.25) is 0 Å². The standard InChI is InChI=1S/C22H20BrN5O/c1-13(2)15-4-6-18(7-5-15)28-26-20-8-14(3)19(10-21(20)27-28)25-22(29)16-9-17(23)12-24-11-16/h4-13H,1-3H3,(H,25,29). The second kappa shape index (κ2) is 7.75. The number of aryl methyl sites for hydroxylation is 1. The van der Waals surface area contributed by atoms with Gasteiger partial charge in [-0.1, -0.05) is 26.0 Å². The van der Waals surface area contributed by atoms with Crippen molar-refractivity contribution in [2.45, 2.75) is 26.7 Å². The number of halogens is 1. The highest BCUT2D eigenvalue weighted by molar-refractivity contribution is 9.10. The molecule has 0 aliphatic carbocycles. The summed E-state index contributed by atoms with van der Waals surface area (Å²) in [6, 6.07) is 13.7. The van der Waals surface area contributed by atoms with E-state index < -0.39 is 0 Å². The first-order chi connectivity index (χ1) is 13.9. The first kappa shape index (κ1) is 19.3. The lowest BCUT2D eigenvalue weighted by molar-refractivity contribution is 0.102. The van der Waals surface area contributed by atoms with Crippen LogP contribution in [0.3, 0.4) is 0 Å². The summed E-state index contributed by atoms with van der Waals surface area (Å²) in [7, 11) is 0. The minimum atomic E-state index is -0.224. The van der Waals surface area contributed by atoms with E-state index in [9.17, 15) is 4.79 Å². The minimum absolute atomic E-state index is 0.224. The van der Waals surface area contributed by atoms with Gasteiger partial charge in [-0.25, -0.2) is 0 Å². The average molecular weight is 450 g/mol. The molecule has 29 heavy (non-hydrogen) atoms. The maximum atomic E-state index is 12.6. The van der Waals surface area contributed by atoms with Gasteiger partial charge in [-0.05, 0) is 70.2 Å². The number of carbonyl (C=O) groups is 1. The number of pyridine rings is 1. The molecular weight excluding hydrogens is 430 g/mol. The molecule has 0 aliphatic heterocycles. The number of amides is 1. The third kappa shape index (κ3) is 4.05. The number of nitrogens with zero attached hydrogens (tertiary/aromatic N) is 4. The predicted octanol–water partition coefficient (Wildman–Crippen LogP) is 5.26. The Labute approximate surface area is 177 Å². The number of rotatable bonds is 4. The van der Waals surface area contributed by atoms with Crippen LogP contribution in [0.25, 0.3) is 16.7 Å². The summed E-state index contributed by atoms with van der Waals surface area (Å²) in [5, 5.41) is 12.1. The first-order valence-electron chi connectivity index (χ1n) is 9.30. The van der Waals surface area contributed by atoms with E-state index in [2.05, 4.69) is 62.4 Å². The molecule has 7 heteroatoms. The Hall–Kier alpha value is -3.06. The van der Waals surface area contributed by atoms with Gasteiger partial charge in [0.05, 0.1) is 11.3 Å². The summed E-state index contributed by atoms with van der Waals surface area (Å²) in [6.45, 7) is 6.27. The van der Waals surface area contributed by atoms with Gasteiger partial charge in [-0.15, -0.1) is 10.2 Å². The Morgan fingerprint density at radius 1 is 1.03 bits per heavy atom. The zero-order chi connectivity index (χ0) is 20.5. The van der Waals surface area contributed by atoms with Crippen molar-refractivity contribution in [3.8, 4) is 5.69 Å². The molecule has 0 fully saturated rings. The zero-order valence-corrected chi connectivity index (χ0v) is 17.9. The van der Waals surface area contributed by atoms with Crippen LogP contribution in [-0.2, 0) is 0 Å². The topological polar surface area (TPSA) is 72.7 Å². The molecule has 0 saturated carbocycles. The van der Waals surface area contributed by atoms with Crippen LogP contribution in [0.15, 0.2) is 59.3 Å². The van der Waals surface area contributed by atoms with Gasteiger partial charge < -0.3 is 5.32 Å². The molecule has 4 aromatic rings. The number of carbonyl (C=O) groups excluding carboxylic acids is 1. The van der Waals surface area contributed by atoms with E-state index in [0.717, 1.165) is 21.2 Å². The molecule has 146 valence electrons. The normalized spacial score (nSPS) is 11.2. The van der Waals surface area contributed by atoms with Crippen LogP contribution in [0.4, 0.5) is 5.69 Å². The van der Waals surface area contributed by atoms with Crippen molar-refractivity contribution >= 4 is 38.6 Å². The van der Waals surface area contributed by atoms with Gasteiger partial charge in [0.25, 0.3) is 5.91 Å². The Balaban J connectivity index is 1.64. The van der Waals surface area contributed by atoms with Crippen LogP contribution < -0.4 is 5.32 Å². The van der Waals surface area contributed by atoms with Gasteiger partial charge in [-0.2, -0.15) is 4.80 Å². The largest absolute Gasteiger partial charge is 0.322 e. The summed E-state index contributed by atoms with van der Waals surface area (Å²) in [5.74, 6) is 0.251. The second-order valence-corrected chi connectivity index (χ2v) is 8.15. The van der Waals surface area contributed by atoms with Gasteiger partial charge in [-0.3, -0.25) is 9.78 Å². The molecular formula is C22H20BrN5O. The number of aromatic nitrogens is 4. The monoisotopic (exact) mass is 449 g/mol. The number of benzene rings is 2. The molecule has 0 unspecified atom stereocenters. The van der Waals surface area contributed by atoms with Crippen molar-refractivity contribution in [2.24, 2.45) is 0 Å². The fourth-order valence-electron chi connectivity index (χ4n) is 3.04. The van der Waals surface area contributed by atoms with Crippen molar-refractivity contribution < 1.29 is 4.79 Å². The van der Waals surface area contributed by atoms with Crippen molar-refractivity contribution in [3.05, 3.63) is 76.0 Å². The highest BCUT2D eigenvalue weighted by atomic mass is 79.9. The molecule has 2 aromatic carbocycles. The van der Waals surface area contributed by atoms with Gasteiger partial charge in [0.2, 0.25) is 0 Å². The number of fused-ring (bicyclic) bond motifs is 1. The lowest BCUT2D eigenvalue weighted by Gasteiger charge is -2.08. The Morgan fingerprint density at radius 3 is 2.38 bits per heavy atom. The molecule has 0 radical (unpaired) electrons. The van der Waals surface area contributed by atoms with E-state index in [-0.39, 0.29) is 5.91 Å². The van der Waals surface area contributed by atoms with Crippen LogP contribution in [0, 0.1) is 6.92 Å².